The quantitative estimate of drug-likeness (QED) is 0.622. The topological polar surface area (TPSA) is 25.8 Å². The van der Waals surface area contributed by atoms with E-state index in [1.165, 1.54) is 6.42 Å². The van der Waals surface area contributed by atoms with Crippen molar-refractivity contribution in [2.24, 2.45) is 0 Å². The van der Waals surface area contributed by atoms with Gasteiger partial charge in [0.25, 0.3) is 0 Å². The first-order chi connectivity index (χ1) is 4.93. The van der Waals surface area contributed by atoms with Crippen molar-refractivity contribution in [3.8, 4) is 0 Å². The molecule has 0 N–H and O–H groups in total. The molecular formula is C7H10N2S. The van der Waals surface area contributed by atoms with Crippen LogP contribution in [0, 0.1) is 0 Å². The third-order valence-electron chi connectivity index (χ3n) is 1.00. The Balaban J connectivity index is 2.43. The number of nitrogens with zero attached hydrogens (tertiary/aromatic N) is 2. The third kappa shape index (κ3) is 2.35. The minimum Gasteiger partial charge on any atom is -0.158 e. The maximum Gasteiger partial charge on any atom is 0.119 e. The SMILES string of the molecule is CCCSc1cccnn1. The van der Waals surface area contributed by atoms with Crippen molar-refractivity contribution in [2.75, 3.05) is 5.75 Å². The van der Waals surface area contributed by atoms with Gasteiger partial charge >= 0.3 is 0 Å². The van der Waals surface area contributed by atoms with E-state index in [0.717, 1.165) is 10.8 Å². The van der Waals surface area contributed by atoms with Crippen molar-refractivity contribution in [3.63, 3.8) is 0 Å². The molecule has 1 rings (SSSR count). The highest BCUT2D eigenvalue weighted by molar-refractivity contribution is 7.99. The van der Waals surface area contributed by atoms with Crippen molar-refractivity contribution in [3.05, 3.63) is 18.3 Å². The van der Waals surface area contributed by atoms with Gasteiger partial charge in [0.05, 0.1) is 0 Å². The van der Waals surface area contributed by atoms with Gasteiger partial charge in [-0.2, -0.15) is 5.10 Å². The Labute approximate surface area is 65.1 Å². The van der Waals surface area contributed by atoms with E-state index in [0.29, 0.717) is 0 Å². The van der Waals surface area contributed by atoms with Crippen LogP contribution in [0.2, 0.25) is 0 Å². The van der Waals surface area contributed by atoms with E-state index in [2.05, 4.69) is 17.1 Å². The van der Waals surface area contributed by atoms with Crippen LogP contribution in [0.1, 0.15) is 13.3 Å². The van der Waals surface area contributed by atoms with E-state index in [-0.39, 0.29) is 0 Å². The van der Waals surface area contributed by atoms with Crippen molar-refractivity contribution in [1.29, 1.82) is 0 Å². The molecule has 0 aliphatic rings. The Kier molecular flexibility index (Phi) is 3.22. The van der Waals surface area contributed by atoms with E-state index in [4.69, 9.17) is 0 Å². The van der Waals surface area contributed by atoms with Gasteiger partial charge in [-0.1, -0.05) is 6.92 Å². The molecule has 0 unspecified atom stereocenters. The highest BCUT2D eigenvalue weighted by Crippen LogP contribution is 2.13. The van der Waals surface area contributed by atoms with Gasteiger partial charge in [-0.15, -0.1) is 16.9 Å². The molecule has 0 saturated carbocycles. The summed E-state index contributed by atoms with van der Waals surface area (Å²) in [6.07, 6.45) is 2.87. The average molecular weight is 154 g/mol. The summed E-state index contributed by atoms with van der Waals surface area (Å²) >= 11 is 1.75. The molecule has 3 heteroatoms. The van der Waals surface area contributed by atoms with Gasteiger partial charge in [0.1, 0.15) is 5.03 Å². The normalized spacial score (nSPS) is 9.70. The summed E-state index contributed by atoms with van der Waals surface area (Å²) in [6, 6.07) is 3.89. The van der Waals surface area contributed by atoms with E-state index < -0.39 is 0 Å². The molecule has 2 nitrogen and oxygen atoms in total. The molecule has 0 bridgehead atoms. The lowest BCUT2D eigenvalue weighted by atomic mass is 10.6. The molecule has 0 aliphatic heterocycles. The fourth-order valence-electron chi connectivity index (χ4n) is 0.571. The first kappa shape index (κ1) is 7.54. The maximum absolute atomic E-state index is 3.93. The lowest BCUT2D eigenvalue weighted by Crippen LogP contribution is -1.83. The molecule has 0 radical (unpaired) electrons. The monoisotopic (exact) mass is 154 g/mol. The smallest absolute Gasteiger partial charge is 0.119 e. The standard InChI is InChI=1S/C7H10N2S/c1-2-6-10-7-4-3-5-8-9-7/h3-5H,2,6H2,1H3. The van der Waals surface area contributed by atoms with Gasteiger partial charge in [0, 0.05) is 6.20 Å². The number of hydrogen-bond acceptors (Lipinski definition) is 3. The van der Waals surface area contributed by atoms with Crippen LogP contribution in [0.4, 0.5) is 0 Å². The highest BCUT2D eigenvalue weighted by Gasteiger charge is 1.90. The first-order valence-electron chi connectivity index (χ1n) is 3.34. The van der Waals surface area contributed by atoms with E-state index >= 15 is 0 Å². The largest absolute Gasteiger partial charge is 0.158 e. The summed E-state index contributed by atoms with van der Waals surface area (Å²) in [6.45, 7) is 2.16. The summed E-state index contributed by atoms with van der Waals surface area (Å²) in [5.74, 6) is 1.12. The van der Waals surface area contributed by atoms with E-state index in [1.807, 2.05) is 12.1 Å². The molecule has 0 aliphatic carbocycles. The van der Waals surface area contributed by atoms with Crippen LogP contribution in [-0.4, -0.2) is 16.0 Å². The van der Waals surface area contributed by atoms with Crippen LogP contribution in [0.3, 0.4) is 0 Å². The molecule has 1 aromatic rings. The Morgan fingerprint density at radius 3 is 3.10 bits per heavy atom. The van der Waals surface area contributed by atoms with Crippen molar-refractivity contribution >= 4 is 11.8 Å². The second kappa shape index (κ2) is 4.28. The molecular weight excluding hydrogens is 144 g/mol. The number of aromatic nitrogens is 2. The molecule has 0 aromatic carbocycles. The van der Waals surface area contributed by atoms with Crippen LogP contribution < -0.4 is 0 Å². The third-order valence-corrected chi connectivity index (χ3v) is 2.13. The fraction of sp³-hybridized carbons (Fsp3) is 0.429. The summed E-state index contributed by atoms with van der Waals surface area (Å²) in [5.41, 5.74) is 0. The molecule has 0 spiro atoms. The van der Waals surface area contributed by atoms with Crippen molar-refractivity contribution in [1.82, 2.24) is 10.2 Å². The number of rotatable bonds is 3. The second-order valence-electron chi connectivity index (χ2n) is 1.91. The zero-order valence-electron chi connectivity index (χ0n) is 5.95. The average Bonchev–Trinajstić information content (AvgIpc) is 2.03. The van der Waals surface area contributed by atoms with Gasteiger partial charge in [0.15, 0.2) is 0 Å². The Morgan fingerprint density at radius 2 is 2.50 bits per heavy atom. The molecule has 0 fully saturated rings. The number of thioether (sulfide) groups is 1. The number of hydrogen-bond donors (Lipinski definition) is 0. The zero-order chi connectivity index (χ0) is 7.23. The van der Waals surface area contributed by atoms with Crippen LogP contribution in [0.25, 0.3) is 0 Å². The summed E-state index contributed by atoms with van der Waals surface area (Å²) in [5, 5.41) is 8.71. The predicted molar refractivity (Wildman–Crippen MR) is 43.0 cm³/mol. The van der Waals surface area contributed by atoms with Crippen LogP contribution in [-0.2, 0) is 0 Å². The molecule has 10 heavy (non-hydrogen) atoms. The first-order valence-corrected chi connectivity index (χ1v) is 4.32. The van der Waals surface area contributed by atoms with Crippen LogP contribution in [0.15, 0.2) is 23.4 Å². The van der Waals surface area contributed by atoms with Gasteiger partial charge in [0.2, 0.25) is 0 Å². The zero-order valence-corrected chi connectivity index (χ0v) is 6.77. The van der Waals surface area contributed by atoms with Crippen LogP contribution >= 0.6 is 11.8 Å². The molecule has 54 valence electrons. The second-order valence-corrected chi connectivity index (χ2v) is 3.03. The summed E-state index contributed by atoms with van der Waals surface area (Å²) in [4.78, 5) is 0. The fourth-order valence-corrected chi connectivity index (χ4v) is 1.26. The minimum atomic E-state index is 1.02. The molecule has 1 heterocycles. The Bertz CT molecular complexity index is 176. The molecule has 1 aromatic heterocycles. The highest BCUT2D eigenvalue weighted by atomic mass is 32.2. The minimum absolute atomic E-state index is 1.02. The summed E-state index contributed by atoms with van der Waals surface area (Å²) in [7, 11) is 0. The lowest BCUT2D eigenvalue weighted by Gasteiger charge is -1.93. The lowest BCUT2D eigenvalue weighted by molar-refractivity contribution is 0.927. The van der Waals surface area contributed by atoms with Crippen molar-refractivity contribution in [2.45, 2.75) is 18.4 Å². The molecule has 0 atom stereocenters. The van der Waals surface area contributed by atoms with Gasteiger partial charge in [-0.05, 0) is 24.3 Å². The molecule has 0 amide bonds. The van der Waals surface area contributed by atoms with Crippen molar-refractivity contribution < 1.29 is 0 Å². The Hall–Kier alpha value is -0.570. The molecule has 0 saturated heterocycles. The van der Waals surface area contributed by atoms with Gasteiger partial charge in [-0.3, -0.25) is 0 Å². The predicted octanol–water partition coefficient (Wildman–Crippen LogP) is 1.98. The maximum atomic E-state index is 3.93. The van der Waals surface area contributed by atoms with E-state index in [9.17, 15) is 0 Å². The van der Waals surface area contributed by atoms with Crippen LogP contribution in [0.5, 0.6) is 0 Å². The van der Waals surface area contributed by atoms with Gasteiger partial charge < -0.3 is 0 Å². The summed E-state index contributed by atoms with van der Waals surface area (Å²) < 4.78 is 0. The van der Waals surface area contributed by atoms with Gasteiger partial charge in [-0.25, -0.2) is 0 Å². The Morgan fingerprint density at radius 1 is 1.60 bits per heavy atom. The van der Waals surface area contributed by atoms with E-state index in [1.54, 1.807) is 18.0 Å².